The molecule has 40 heavy (non-hydrogen) atoms. The Morgan fingerprint density at radius 2 is 0.925 bits per heavy atom. The Hall–Kier alpha value is -2.08. The quantitative estimate of drug-likeness (QED) is 0.115. The number of ether oxygens (including phenoxy) is 4. The Bertz CT molecular complexity index is 621. The van der Waals surface area contributed by atoms with Crippen molar-refractivity contribution in [2.24, 2.45) is 11.1 Å². The minimum absolute atomic E-state index is 0.0120. The van der Waals surface area contributed by atoms with Gasteiger partial charge in [-0.3, -0.25) is 19.2 Å². The van der Waals surface area contributed by atoms with Gasteiger partial charge in [-0.05, 0) is 51.4 Å². The minimum Gasteiger partial charge on any atom is -0.381 e. The number of carbonyl (C=O) groups excluding carboxylic acids is 4. The molecule has 0 fully saturated rings. The zero-order valence-electron chi connectivity index (χ0n) is 25.2. The van der Waals surface area contributed by atoms with Gasteiger partial charge in [0.15, 0.2) is 0 Å². The summed E-state index contributed by atoms with van der Waals surface area (Å²) in [5.41, 5.74) is 4.67. The van der Waals surface area contributed by atoms with Crippen molar-refractivity contribution in [2.75, 3.05) is 67.0 Å². The van der Waals surface area contributed by atoms with Gasteiger partial charge in [0.25, 0.3) is 0 Å². The molecular weight excluding hydrogens is 518 g/mol. The number of rotatable bonds is 29. The molecule has 11 nitrogen and oxygen atoms in total. The van der Waals surface area contributed by atoms with E-state index in [1.54, 1.807) is 14.1 Å². The third-order valence-corrected chi connectivity index (χ3v) is 6.43. The number of Topliss-reactive ketones (excluding diaryl/α,β-unsaturated/α-hetero) is 1. The lowest BCUT2D eigenvalue weighted by atomic mass is 9.92. The Kier molecular flexibility index (Phi) is 24.5. The van der Waals surface area contributed by atoms with Crippen LogP contribution >= 0.6 is 0 Å². The van der Waals surface area contributed by atoms with Crippen LogP contribution in [0.1, 0.15) is 90.4 Å². The molecule has 0 unspecified atom stereocenters. The Morgan fingerprint density at radius 1 is 0.575 bits per heavy atom. The molecule has 4 N–H and O–H groups in total. The van der Waals surface area contributed by atoms with E-state index >= 15 is 0 Å². The standard InChI is InChI=1S/C29H55N3O8/c1-4-25(33)13-5-9-17-37-21-29(22-38-18-10-6-14-26(30)34,23-39-19-11-7-15-27(35)31-2)24-40-20-12-8-16-28(36)32-3/h4-24H2,1-3H3,(H2,30,34)(H,31,35)(H,32,36). The van der Waals surface area contributed by atoms with Gasteiger partial charge in [-0.2, -0.15) is 0 Å². The zero-order chi connectivity index (χ0) is 29.9. The second-order valence-electron chi connectivity index (χ2n) is 10.2. The summed E-state index contributed by atoms with van der Waals surface area (Å²) >= 11 is 0. The van der Waals surface area contributed by atoms with Gasteiger partial charge in [-0.25, -0.2) is 0 Å². The Labute approximate surface area is 240 Å². The van der Waals surface area contributed by atoms with Crippen LogP contribution in [0, 0.1) is 5.41 Å². The van der Waals surface area contributed by atoms with Crippen molar-refractivity contribution >= 4 is 23.5 Å². The third kappa shape index (κ3) is 22.7. The molecule has 0 aromatic heterocycles. The number of nitrogens with two attached hydrogens (primary N) is 1. The van der Waals surface area contributed by atoms with Crippen molar-refractivity contribution in [3.05, 3.63) is 0 Å². The lowest BCUT2D eigenvalue weighted by Gasteiger charge is -2.33. The summed E-state index contributed by atoms with van der Waals surface area (Å²) in [6.45, 7) is 5.33. The van der Waals surface area contributed by atoms with E-state index in [0.717, 1.165) is 38.5 Å². The van der Waals surface area contributed by atoms with Crippen LogP contribution in [0.4, 0.5) is 0 Å². The van der Waals surface area contributed by atoms with E-state index in [4.69, 9.17) is 24.7 Å². The average molecular weight is 574 g/mol. The van der Waals surface area contributed by atoms with Crippen LogP contribution in [0.15, 0.2) is 0 Å². The summed E-state index contributed by atoms with van der Waals surface area (Å²) in [6.07, 6.45) is 8.31. The SMILES string of the molecule is CCC(=O)CCCCOCC(COCCCCC(N)=O)(COCCCCC(=O)NC)COCCCCC(=O)NC. The first-order valence-corrected chi connectivity index (χ1v) is 14.8. The van der Waals surface area contributed by atoms with Crippen molar-refractivity contribution in [1.29, 1.82) is 0 Å². The molecule has 0 aliphatic heterocycles. The van der Waals surface area contributed by atoms with Crippen molar-refractivity contribution in [3.63, 3.8) is 0 Å². The van der Waals surface area contributed by atoms with Gasteiger partial charge in [0.1, 0.15) is 5.78 Å². The summed E-state index contributed by atoms with van der Waals surface area (Å²) in [7, 11) is 3.25. The maximum atomic E-state index is 11.6. The van der Waals surface area contributed by atoms with Crippen LogP contribution in [-0.4, -0.2) is 90.5 Å². The van der Waals surface area contributed by atoms with Crippen LogP contribution in [0.5, 0.6) is 0 Å². The van der Waals surface area contributed by atoms with Gasteiger partial charge in [0, 0.05) is 72.6 Å². The van der Waals surface area contributed by atoms with Crippen LogP contribution in [0.25, 0.3) is 0 Å². The predicted molar refractivity (Wildman–Crippen MR) is 154 cm³/mol. The van der Waals surface area contributed by atoms with Crippen molar-refractivity contribution in [2.45, 2.75) is 90.4 Å². The molecule has 0 saturated carbocycles. The molecule has 0 rings (SSSR count). The number of hydrogen-bond acceptors (Lipinski definition) is 8. The van der Waals surface area contributed by atoms with E-state index in [9.17, 15) is 19.2 Å². The van der Waals surface area contributed by atoms with Gasteiger partial charge in [0.05, 0.1) is 31.8 Å². The van der Waals surface area contributed by atoms with Crippen LogP contribution in [-0.2, 0) is 38.1 Å². The highest BCUT2D eigenvalue weighted by atomic mass is 16.5. The van der Waals surface area contributed by atoms with E-state index < -0.39 is 5.41 Å². The maximum Gasteiger partial charge on any atom is 0.219 e. The lowest BCUT2D eigenvalue weighted by Crippen LogP contribution is -2.42. The minimum atomic E-state index is -0.551. The molecule has 0 aromatic rings. The summed E-state index contributed by atoms with van der Waals surface area (Å²) < 4.78 is 24.1. The molecule has 0 radical (unpaired) electrons. The normalized spacial score (nSPS) is 11.4. The molecule has 0 atom stereocenters. The number of nitrogens with one attached hydrogen (secondary N) is 2. The topological polar surface area (TPSA) is 155 Å². The first-order chi connectivity index (χ1) is 19.3. The van der Waals surface area contributed by atoms with Crippen LogP contribution in [0.3, 0.4) is 0 Å². The first kappa shape index (κ1) is 37.9. The highest BCUT2D eigenvalue weighted by molar-refractivity contribution is 5.78. The van der Waals surface area contributed by atoms with Gasteiger partial charge < -0.3 is 35.3 Å². The summed E-state index contributed by atoms with van der Waals surface area (Å²) in [4.78, 5) is 45.5. The number of hydrogen-bond donors (Lipinski definition) is 3. The molecular formula is C29H55N3O8. The summed E-state index contributed by atoms with van der Waals surface area (Å²) in [5.74, 6) is -0.0392. The van der Waals surface area contributed by atoms with Crippen molar-refractivity contribution < 1.29 is 38.1 Å². The molecule has 0 bridgehead atoms. The molecule has 0 aliphatic carbocycles. The predicted octanol–water partition coefficient (Wildman–Crippen LogP) is 2.68. The second kappa shape index (κ2) is 25.9. The number of carbonyl (C=O) groups is 4. The van der Waals surface area contributed by atoms with Gasteiger partial charge >= 0.3 is 0 Å². The molecule has 0 aromatic carbocycles. The molecule has 11 heteroatoms. The molecule has 0 spiro atoms. The Balaban J connectivity index is 5.01. The molecule has 234 valence electrons. The summed E-state index contributed by atoms with van der Waals surface area (Å²) in [6, 6.07) is 0. The molecule has 0 heterocycles. The fourth-order valence-electron chi connectivity index (χ4n) is 3.84. The monoisotopic (exact) mass is 573 g/mol. The maximum absolute atomic E-state index is 11.6. The lowest BCUT2D eigenvalue weighted by molar-refractivity contribution is -0.121. The zero-order valence-corrected chi connectivity index (χ0v) is 25.2. The van der Waals surface area contributed by atoms with Gasteiger partial charge in [-0.1, -0.05) is 6.92 Å². The largest absolute Gasteiger partial charge is 0.381 e. The first-order valence-electron chi connectivity index (χ1n) is 14.8. The Morgan fingerprint density at radius 3 is 1.25 bits per heavy atom. The number of unbranched alkanes of at least 4 members (excludes halogenated alkanes) is 4. The van der Waals surface area contributed by atoms with Crippen molar-refractivity contribution in [1.82, 2.24) is 10.6 Å². The molecule has 0 saturated heterocycles. The van der Waals surface area contributed by atoms with E-state index in [1.807, 2.05) is 6.92 Å². The second-order valence-corrected chi connectivity index (χ2v) is 10.2. The number of amides is 3. The highest BCUT2D eigenvalue weighted by Crippen LogP contribution is 2.22. The van der Waals surface area contributed by atoms with Crippen LogP contribution < -0.4 is 16.4 Å². The number of primary amides is 1. The highest BCUT2D eigenvalue weighted by Gasteiger charge is 2.32. The molecule has 0 aliphatic rings. The molecule has 3 amide bonds. The fraction of sp³-hybridized carbons (Fsp3) is 0.862. The average Bonchev–Trinajstić information content (AvgIpc) is 2.95. The van der Waals surface area contributed by atoms with E-state index in [-0.39, 0.29) is 23.5 Å². The smallest absolute Gasteiger partial charge is 0.219 e. The van der Waals surface area contributed by atoms with Crippen molar-refractivity contribution in [3.8, 4) is 0 Å². The van der Waals surface area contributed by atoms with E-state index in [2.05, 4.69) is 10.6 Å². The third-order valence-electron chi connectivity index (χ3n) is 6.43. The van der Waals surface area contributed by atoms with E-state index in [1.165, 1.54) is 0 Å². The number of ketones is 1. The van der Waals surface area contributed by atoms with Gasteiger partial charge in [0.2, 0.25) is 17.7 Å². The summed E-state index contributed by atoms with van der Waals surface area (Å²) in [5, 5.41) is 5.24. The fourth-order valence-corrected chi connectivity index (χ4v) is 3.84. The van der Waals surface area contributed by atoms with E-state index in [0.29, 0.717) is 97.8 Å². The van der Waals surface area contributed by atoms with Gasteiger partial charge in [-0.15, -0.1) is 0 Å². The van der Waals surface area contributed by atoms with Crippen LogP contribution in [0.2, 0.25) is 0 Å².